The Morgan fingerprint density at radius 2 is 1.90 bits per heavy atom. The molecule has 4 heteroatoms. The second-order valence-electron chi connectivity index (χ2n) is 8.00. The topological polar surface area (TPSA) is 53.7 Å². The van der Waals surface area contributed by atoms with E-state index in [2.05, 4.69) is 20.8 Å². The zero-order chi connectivity index (χ0) is 15.3. The number of ether oxygens (including phenoxy) is 3. The molecule has 21 heavy (non-hydrogen) atoms. The van der Waals surface area contributed by atoms with E-state index in [4.69, 9.17) is 19.9 Å². The molecule has 3 saturated carbocycles. The molecule has 0 aliphatic heterocycles. The molecule has 2 N–H and O–H groups in total. The lowest BCUT2D eigenvalue weighted by molar-refractivity contribution is -0.188. The van der Waals surface area contributed by atoms with Crippen molar-refractivity contribution in [3.8, 4) is 0 Å². The van der Waals surface area contributed by atoms with Crippen molar-refractivity contribution in [3.05, 3.63) is 0 Å². The first kappa shape index (κ1) is 15.7. The van der Waals surface area contributed by atoms with E-state index in [1.807, 2.05) is 0 Å². The van der Waals surface area contributed by atoms with E-state index >= 15 is 0 Å². The fraction of sp³-hybridized carbons (Fsp3) is 1.00. The number of hydrogen-bond acceptors (Lipinski definition) is 4. The molecule has 0 aromatic carbocycles. The van der Waals surface area contributed by atoms with Crippen LogP contribution < -0.4 is 5.73 Å². The standard InChI is InChI=1S/C17H31NO3/c1-16(2)11-5-6-17(16,3)14(9-11)21-13-10-12(18)15(13)20-8-7-19-4/h11-15H,5-10,18H2,1-4H3. The van der Waals surface area contributed by atoms with E-state index in [9.17, 15) is 0 Å². The Hall–Kier alpha value is -0.160. The van der Waals surface area contributed by atoms with Gasteiger partial charge in [0.1, 0.15) is 0 Å². The monoisotopic (exact) mass is 297 g/mol. The van der Waals surface area contributed by atoms with Crippen LogP contribution in [0.2, 0.25) is 0 Å². The van der Waals surface area contributed by atoms with Crippen molar-refractivity contribution < 1.29 is 14.2 Å². The molecule has 6 unspecified atom stereocenters. The molecule has 3 fully saturated rings. The Balaban J connectivity index is 1.58. The summed E-state index contributed by atoms with van der Waals surface area (Å²) in [5.41, 5.74) is 6.80. The number of nitrogens with two attached hydrogens (primary N) is 1. The molecule has 0 radical (unpaired) electrons. The van der Waals surface area contributed by atoms with Crippen LogP contribution in [0.5, 0.6) is 0 Å². The van der Waals surface area contributed by atoms with Gasteiger partial charge >= 0.3 is 0 Å². The number of fused-ring (bicyclic) bond motifs is 2. The smallest absolute Gasteiger partial charge is 0.0989 e. The van der Waals surface area contributed by atoms with Crippen LogP contribution >= 0.6 is 0 Å². The average Bonchev–Trinajstić information content (AvgIpc) is 2.76. The van der Waals surface area contributed by atoms with Gasteiger partial charge in [-0.3, -0.25) is 0 Å². The minimum atomic E-state index is 0.0472. The molecule has 4 nitrogen and oxygen atoms in total. The van der Waals surface area contributed by atoms with Gasteiger partial charge in [-0.05, 0) is 42.4 Å². The summed E-state index contributed by atoms with van der Waals surface area (Å²) in [5.74, 6) is 0.814. The summed E-state index contributed by atoms with van der Waals surface area (Å²) in [7, 11) is 1.69. The maximum absolute atomic E-state index is 6.49. The van der Waals surface area contributed by atoms with Crippen molar-refractivity contribution in [1.29, 1.82) is 0 Å². The third-order valence-electron chi connectivity index (χ3n) is 6.94. The quantitative estimate of drug-likeness (QED) is 0.765. The zero-order valence-corrected chi connectivity index (χ0v) is 13.9. The van der Waals surface area contributed by atoms with E-state index < -0.39 is 0 Å². The van der Waals surface area contributed by atoms with Gasteiger partial charge in [-0.15, -0.1) is 0 Å². The minimum Gasteiger partial charge on any atom is -0.382 e. The van der Waals surface area contributed by atoms with Crippen LogP contribution in [0.15, 0.2) is 0 Å². The highest BCUT2D eigenvalue weighted by atomic mass is 16.6. The first-order valence-electron chi connectivity index (χ1n) is 8.41. The molecule has 6 atom stereocenters. The summed E-state index contributed by atoms with van der Waals surface area (Å²) in [6.07, 6.45) is 5.39. The Morgan fingerprint density at radius 3 is 2.43 bits per heavy atom. The summed E-state index contributed by atoms with van der Waals surface area (Å²) in [6, 6.07) is 0.117. The zero-order valence-electron chi connectivity index (χ0n) is 13.9. The molecule has 0 aromatic rings. The van der Waals surface area contributed by atoms with Crippen LogP contribution in [-0.2, 0) is 14.2 Å². The van der Waals surface area contributed by atoms with Crippen molar-refractivity contribution in [2.45, 2.75) is 70.8 Å². The summed E-state index contributed by atoms with van der Waals surface area (Å²) in [4.78, 5) is 0. The molecule has 0 heterocycles. The normalized spacial score (nSPS) is 47.6. The van der Waals surface area contributed by atoms with E-state index in [0.29, 0.717) is 30.1 Å². The fourth-order valence-corrected chi connectivity index (χ4v) is 4.79. The lowest BCUT2D eigenvalue weighted by Crippen LogP contribution is -2.60. The lowest BCUT2D eigenvalue weighted by Gasteiger charge is -2.47. The number of hydrogen-bond donors (Lipinski definition) is 1. The molecule has 0 saturated heterocycles. The van der Waals surface area contributed by atoms with Crippen molar-refractivity contribution in [2.24, 2.45) is 22.5 Å². The summed E-state index contributed by atoms with van der Waals surface area (Å²) in [5, 5.41) is 0. The van der Waals surface area contributed by atoms with Crippen LogP contribution in [0.4, 0.5) is 0 Å². The van der Waals surface area contributed by atoms with Gasteiger partial charge in [-0.25, -0.2) is 0 Å². The summed E-state index contributed by atoms with van der Waals surface area (Å²) >= 11 is 0. The largest absolute Gasteiger partial charge is 0.382 e. The van der Waals surface area contributed by atoms with Crippen molar-refractivity contribution in [3.63, 3.8) is 0 Å². The van der Waals surface area contributed by atoms with Gasteiger partial charge in [0.15, 0.2) is 0 Å². The first-order chi connectivity index (χ1) is 9.90. The third-order valence-corrected chi connectivity index (χ3v) is 6.94. The molecule has 3 rings (SSSR count). The molecular weight excluding hydrogens is 266 g/mol. The van der Waals surface area contributed by atoms with E-state index in [-0.39, 0.29) is 18.2 Å². The second-order valence-corrected chi connectivity index (χ2v) is 8.00. The maximum Gasteiger partial charge on any atom is 0.0989 e. The number of rotatable bonds is 6. The van der Waals surface area contributed by atoms with Gasteiger partial charge in [0, 0.05) is 13.2 Å². The third kappa shape index (κ3) is 2.35. The van der Waals surface area contributed by atoms with Crippen LogP contribution in [0.3, 0.4) is 0 Å². The second kappa shape index (κ2) is 5.48. The highest BCUT2D eigenvalue weighted by molar-refractivity contribution is 5.12. The molecular formula is C17H31NO3. The summed E-state index contributed by atoms with van der Waals surface area (Å²) in [6.45, 7) is 8.49. The van der Waals surface area contributed by atoms with Gasteiger partial charge in [0.05, 0.1) is 31.5 Å². The molecule has 3 aliphatic rings. The van der Waals surface area contributed by atoms with Crippen molar-refractivity contribution >= 4 is 0 Å². The Labute approximate surface area is 128 Å². The van der Waals surface area contributed by atoms with Gasteiger partial charge in [-0.1, -0.05) is 20.8 Å². The SMILES string of the molecule is COCCOC1C(N)CC1OC1CC2CCC1(C)C2(C)C. The molecule has 0 aromatic heterocycles. The Morgan fingerprint density at radius 1 is 1.14 bits per heavy atom. The van der Waals surface area contributed by atoms with E-state index in [1.165, 1.54) is 19.3 Å². The van der Waals surface area contributed by atoms with E-state index in [1.54, 1.807) is 7.11 Å². The predicted octanol–water partition coefficient (Wildman–Crippen LogP) is 2.35. The van der Waals surface area contributed by atoms with Gasteiger partial charge < -0.3 is 19.9 Å². The first-order valence-corrected chi connectivity index (χ1v) is 8.41. The maximum atomic E-state index is 6.49. The fourth-order valence-electron chi connectivity index (χ4n) is 4.79. The van der Waals surface area contributed by atoms with Gasteiger partial charge in [0.2, 0.25) is 0 Å². The van der Waals surface area contributed by atoms with Crippen LogP contribution in [0, 0.1) is 16.7 Å². The molecule has 122 valence electrons. The molecule has 2 bridgehead atoms. The minimum absolute atomic E-state index is 0.0472. The van der Waals surface area contributed by atoms with E-state index in [0.717, 1.165) is 12.3 Å². The van der Waals surface area contributed by atoms with Crippen molar-refractivity contribution in [1.82, 2.24) is 0 Å². The summed E-state index contributed by atoms with van der Waals surface area (Å²) < 4.78 is 17.4. The van der Waals surface area contributed by atoms with Gasteiger partial charge in [-0.2, -0.15) is 0 Å². The van der Waals surface area contributed by atoms with Crippen molar-refractivity contribution in [2.75, 3.05) is 20.3 Å². The lowest BCUT2D eigenvalue weighted by atomic mass is 9.70. The highest BCUT2D eigenvalue weighted by Crippen LogP contribution is 2.66. The molecule has 0 amide bonds. The van der Waals surface area contributed by atoms with Crippen LogP contribution in [-0.4, -0.2) is 44.7 Å². The van der Waals surface area contributed by atoms with Crippen LogP contribution in [0.25, 0.3) is 0 Å². The molecule has 0 spiro atoms. The average molecular weight is 297 g/mol. The Bertz CT molecular complexity index is 386. The highest BCUT2D eigenvalue weighted by Gasteiger charge is 2.62. The number of methoxy groups -OCH3 is 1. The van der Waals surface area contributed by atoms with Crippen LogP contribution in [0.1, 0.15) is 46.5 Å². The Kier molecular flexibility index (Phi) is 4.11. The van der Waals surface area contributed by atoms with Gasteiger partial charge in [0.25, 0.3) is 0 Å². The predicted molar refractivity (Wildman–Crippen MR) is 82.1 cm³/mol. The molecule has 3 aliphatic carbocycles.